The third-order valence-electron chi connectivity index (χ3n) is 6.72. The molecule has 4 aromatic rings. The second-order valence-corrected chi connectivity index (χ2v) is 16.4. The molecule has 1 saturated heterocycles. The molecule has 0 unspecified atom stereocenters. The number of furan rings is 1. The van der Waals surface area contributed by atoms with Crippen molar-refractivity contribution in [2.45, 2.75) is 38.8 Å². The van der Waals surface area contributed by atoms with Crippen molar-refractivity contribution in [3.05, 3.63) is 60.6 Å². The van der Waals surface area contributed by atoms with E-state index in [1.165, 1.54) is 5.56 Å². The van der Waals surface area contributed by atoms with Crippen molar-refractivity contribution in [3.63, 3.8) is 0 Å². The highest BCUT2D eigenvalue weighted by molar-refractivity contribution is 6.76. The lowest BCUT2D eigenvalue weighted by Crippen LogP contribution is -2.44. The topological polar surface area (TPSA) is 77.6 Å². The van der Waals surface area contributed by atoms with E-state index >= 15 is 0 Å². The number of fused-ring (bicyclic) bond motifs is 1. The molecular weight excluding hydrogens is 482 g/mol. The number of aromatic nitrogens is 3. The van der Waals surface area contributed by atoms with Crippen molar-refractivity contribution in [1.82, 2.24) is 25.0 Å². The van der Waals surface area contributed by atoms with Gasteiger partial charge in [-0.25, -0.2) is 9.67 Å². The molecule has 0 atom stereocenters. The number of nitrogens with zero attached hydrogens (tertiary/aromatic N) is 4. The van der Waals surface area contributed by atoms with E-state index in [0.29, 0.717) is 18.4 Å². The fourth-order valence-electron chi connectivity index (χ4n) is 4.46. The van der Waals surface area contributed by atoms with Gasteiger partial charge in [0.15, 0.2) is 0 Å². The molecule has 4 heterocycles. The van der Waals surface area contributed by atoms with Gasteiger partial charge in [-0.05, 0) is 42.3 Å². The lowest BCUT2D eigenvalue weighted by atomic mass is 10.1. The van der Waals surface area contributed by atoms with Crippen LogP contribution in [0.1, 0.15) is 5.56 Å². The molecule has 1 fully saturated rings. The molecule has 1 aliphatic heterocycles. The predicted molar refractivity (Wildman–Crippen MR) is 149 cm³/mol. The normalized spacial score (nSPS) is 14.9. The Morgan fingerprint density at radius 1 is 1.08 bits per heavy atom. The number of pyridine rings is 1. The first-order valence-electron chi connectivity index (χ1n) is 13.1. The van der Waals surface area contributed by atoms with Gasteiger partial charge in [-0.1, -0.05) is 19.6 Å². The summed E-state index contributed by atoms with van der Waals surface area (Å²) >= 11 is 0. The van der Waals surface area contributed by atoms with Crippen molar-refractivity contribution < 1.29 is 13.9 Å². The Labute approximate surface area is 219 Å². The number of nitrogens with one attached hydrogen (secondary N) is 1. The third kappa shape index (κ3) is 6.87. The van der Waals surface area contributed by atoms with Crippen LogP contribution < -0.4 is 10.1 Å². The predicted octanol–water partition coefficient (Wildman–Crippen LogP) is 5.24. The van der Waals surface area contributed by atoms with Gasteiger partial charge in [0.25, 0.3) is 0 Å². The van der Waals surface area contributed by atoms with E-state index in [0.717, 1.165) is 74.0 Å². The number of ether oxygens (including phenoxy) is 2. The van der Waals surface area contributed by atoms with Crippen molar-refractivity contribution in [3.8, 4) is 22.9 Å². The van der Waals surface area contributed by atoms with Crippen LogP contribution in [0.2, 0.25) is 25.7 Å². The zero-order chi connectivity index (χ0) is 25.7. The van der Waals surface area contributed by atoms with E-state index in [-0.39, 0.29) is 0 Å². The first-order valence-corrected chi connectivity index (χ1v) is 16.8. The summed E-state index contributed by atoms with van der Waals surface area (Å²) in [4.78, 5) is 7.02. The Morgan fingerprint density at radius 3 is 2.73 bits per heavy atom. The number of rotatable bonds is 11. The van der Waals surface area contributed by atoms with Crippen LogP contribution in [0.15, 0.2) is 59.5 Å². The van der Waals surface area contributed by atoms with E-state index < -0.39 is 8.07 Å². The van der Waals surface area contributed by atoms with Gasteiger partial charge in [-0.2, -0.15) is 5.10 Å². The molecule has 0 amide bonds. The van der Waals surface area contributed by atoms with Gasteiger partial charge in [-0.15, -0.1) is 0 Å². The quantitative estimate of drug-likeness (QED) is 0.214. The lowest BCUT2D eigenvalue weighted by molar-refractivity contribution is 0.0798. The van der Waals surface area contributed by atoms with E-state index in [9.17, 15) is 0 Å². The average molecular weight is 520 g/mol. The fraction of sp³-hybridized carbons (Fsp3) is 0.429. The first kappa shape index (κ1) is 25.7. The number of hydrogen-bond donors (Lipinski definition) is 1. The van der Waals surface area contributed by atoms with Crippen LogP contribution in [-0.2, 0) is 17.9 Å². The second-order valence-electron chi connectivity index (χ2n) is 10.8. The summed E-state index contributed by atoms with van der Waals surface area (Å²) in [5, 5.41) is 8.96. The molecule has 1 N–H and O–H groups in total. The first-order chi connectivity index (χ1) is 17.9. The van der Waals surface area contributed by atoms with Crippen LogP contribution >= 0.6 is 0 Å². The summed E-state index contributed by atoms with van der Waals surface area (Å²) in [7, 11) is -1.11. The molecule has 1 aliphatic rings. The summed E-state index contributed by atoms with van der Waals surface area (Å²) in [6.07, 6.45) is 6.46. The smallest absolute Gasteiger partial charge is 0.219 e. The van der Waals surface area contributed by atoms with E-state index in [4.69, 9.17) is 13.9 Å². The molecule has 8 nitrogen and oxygen atoms in total. The Morgan fingerprint density at radius 2 is 1.95 bits per heavy atom. The van der Waals surface area contributed by atoms with Crippen LogP contribution in [0.25, 0.3) is 22.2 Å². The van der Waals surface area contributed by atoms with E-state index in [1.807, 2.05) is 47.5 Å². The summed E-state index contributed by atoms with van der Waals surface area (Å²) in [6.45, 7) is 13.6. The highest BCUT2D eigenvalue weighted by Gasteiger charge is 2.14. The fourth-order valence-corrected chi connectivity index (χ4v) is 5.21. The zero-order valence-electron chi connectivity index (χ0n) is 22.1. The highest BCUT2D eigenvalue weighted by atomic mass is 28.3. The molecule has 0 spiro atoms. The summed E-state index contributed by atoms with van der Waals surface area (Å²) in [5.74, 6) is 1.24. The van der Waals surface area contributed by atoms with Gasteiger partial charge < -0.3 is 24.1 Å². The van der Waals surface area contributed by atoms with Gasteiger partial charge >= 0.3 is 0 Å². The van der Waals surface area contributed by atoms with Gasteiger partial charge in [0.2, 0.25) is 5.88 Å². The molecule has 0 saturated carbocycles. The van der Waals surface area contributed by atoms with E-state index in [2.05, 4.69) is 46.0 Å². The summed E-state index contributed by atoms with van der Waals surface area (Å²) in [5.41, 5.74) is 4.01. The zero-order valence-corrected chi connectivity index (χ0v) is 23.1. The van der Waals surface area contributed by atoms with Crippen molar-refractivity contribution >= 4 is 19.0 Å². The Bertz CT molecular complexity index is 1290. The van der Waals surface area contributed by atoms with Crippen LogP contribution in [0.3, 0.4) is 0 Å². The molecule has 0 radical (unpaired) electrons. The van der Waals surface area contributed by atoms with Crippen LogP contribution in [-0.4, -0.2) is 67.1 Å². The Kier molecular flexibility index (Phi) is 8.04. The molecule has 3 aromatic heterocycles. The largest absolute Gasteiger partial charge is 0.464 e. The van der Waals surface area contributed by atoms with Crippen molar-refractivity contribution in [2.24, 2.45) is 0 Å². The van der Waals surface area contributed by atoms with Gasteiger partial charge in [0, 0.05) is 82.9 Å². The Hall–Kier alpha value is -2.98. The number of hydrogen-bond acceptors (Lipinski definition) is 7. The maximum atomic E-state index is 6.04. The SMILES string of the molecule is C[Si](C)(C)CCOCn1nccc1-c1ccc(Oc2ccc3c(CCN4CCNCC4)coc3c2)nc1. The summed E-state index contributed by atoms with van der Waals surface area (Å²) < 4.78 is 19.6. The average Bonchev–Trinajstić information content (AvgIpc) is 3.53. The molecule has 0 bridgehead atoms. The maximum absolute atomic E-state index is 6.04. The minimum absolute atomic E-state index is 0.436. The summed E-state index contributed by atoms with van der Waals surface area (Å²) in [6, 6.07) is 13.0. The van der Waals surface area contributed by atoms with Crippen LogP contribution in [0.4, 0.5) is 0 Å². The maximum Gasteiger partial charge on any atom is 0.219 e. The van der Waals surface area contributed by atoms with Crippen molar-refractivity contribution in [2.75, 3.05) is 39.3 Å². The number of benzene rings is 1. The number of piperazine rings is 1. The second kappa shape index (κ2) is 11.6. The van der Waals surface area contributed by atoms with E-state index in [1.54, 1.807) is 6.20 Å². The minimum atomic E-state index is -1.11. The third-order valence-corrected chi connectivity index (χ3v) is 8.42. The van der Waals surface area contributed by atoms with Gasteiger partial charge in [0.05, 0.1) is 12.0 Å². The lowest BCUT2D eigenvalue weighted by Gasteiger charge is -2.26. The van der Waals surface area contributed by atoms with Gasteiger partial charge in [0.1, 0.15) is 18.1 Å². The molecule has 9 heteroatoms. The molecular formula is C28H37N5O3Si. The standard InChI is InChI=1S/C28H37N5O3Si/c1-37(2,3)17-16-34-21-33-26(8-10-31-33)22-4-7-28(30-19-22)36-24-5-6-25-23(20-35-27(25)18-24)9-13-32-14-11-29-12-15-32/h4-8,10,18-20,29H,9,11-17,21H2,1-3H3. The Balaban J connectivity index is 1.18. The monoisotopic (exact) mass is 519 g/mol. The van der Waals surface area contributed by atoms with Crippen LogP contribution in [0, 0.1) is 0 Å². The highest BCUT2D eigenvalue weighted by Crippen LogP contribution is 2.29. The molecule has 1 aromatic carbocycles. The molecule has 0 aliphatic carbocycles. The van der Waals surface area contributed by atoms with Crippen LogP contribution in [0.5, 0.6) is 11.6 Å². The molecule has 196 valence electrons. The molecule has 37 heavy (non-hydrogen) atoms. The van der Waals surface area contributed by atoms with Crippen molar-refractivity contribution in [1.29, 1.82) is 0 Å². The van der Waals surface area contributed by atoms with Gasteiger partial charge in [-0.3, -0.25) is 0 Å². The minimum Gasteiger partial charge on any atom is -0.464 e. The molecule has 5 rings (SSSR count).